The topological polar surface area (TPSA) is 66.4 Å². The predicted octanol–water partition coefficient (Wildman–Crippen LogP) is 5.09. The summed E-state index contributed by atoms with van der Waals surface area (Å²) in [5.41, 5.74) is 3.16. The molecule has 3 aromatic rings. The average molecular weight is 357 g/mol. The van der Waals surface area contributed by atoms with Gasteiger partial charge in [0.25, 0.3) is 0 Å². The van der Waals surface area contributed by atoms with Crippen LogP contribution in [0.25, 0.3) is 17.2 Å². The lowest BCUT2D eigenvalue weighted by Crippen LogP contribution is -2.13. The molecule has 0 bridgehead atoms. The van der Waals surface area contributed by atoms with Crippen molar-refractivity contribution < 1.29 is 14.7 Å². The molecule has 0 unspecified atom stereocenters. The first kappa shape index (κ1) is 18.1. The number of amides is 1. The maximum Gasteiger partial charge on any atom is 0.337 e. The minimum absolute atomic E-state index is 0.0649. The minimum Gasteiger partial charge on any atom is -0.478 e. The molecule has 0 heterocycles. The third kappa shape index (κ3) is 4.92. The maximum absolute atomic E-state index is 12.3. The fourth-order valence-electron chi connectivity index (χ4n) is 2.71. The minimum atomic E-state index is -1.08. The van der Waals surface area contributed by atoms with Crippen molar-refractivity contribution >= 4 is 23.6 Å². The first-order valence-electron chi connectivity index (χ1n) is 8.58. The molecule has 0 atom stereocenters. The van der Waals surface area contributed by atoms with Gasteiger partial charge in [-0.1, -0.05) is 78.9 Å². The fourth-order valence-corrected chi connectivity index (χ4v) is 2.71. The van der Waals surface area contributed by atoms with Crippen LogP contribution in [0.5, 0.6) is 0 Å². The van der Waals surface area contributed by atoms with E-state index in [1.54, 1.807) is 18.2 Å². The Morgan fingerprint density at radius 2 is 1.52 bits per heavy atom. The number of hydrogen-bond donors (Lipinski definition) is 2. The van der Waals surface area contributed by atoms with Crippen LogP contribution in [0.4, 0.5) is 5.69 Å². The number of carbonyl (C=O) groups excluding carboxylic acids is 1. The molecular weight excluding hydrogens is 338 g/mol. The molecule has 0 aliphatic heterocycles. The highest BCUT2D eigenvalue weighted by atomic mass is 16.4. The molecule has 27 heavy (non-hydrogen) atoms. The molecule has 1 amide bonds. The van der Waals surface area contributed by atoms with Crippen molar-refractivity contribution in [3.63, 3.8) is 0 Å². The van der Waals surface area contributed by atoms with E-state index in [1.807, 2.05) is 66.7 Å². The molecule has 0 fully saturated rings. The smallest absolute Gasteiger partial charge is 0.337 e. The van der Waals surface area contributed by atoms with Gasteiger partial charge in [0.05, 0.1) is 11.3 Å². The van der Waals surface area contributed by atoms with Crippen molar-refractivity contribution in [3.8, 4) is 11.1 Å². The van der Waals surface area contributed by atoms with Gasteiger partial charge in [-0.2, -0.15) is 0 Å². The van der Waals surface area contributed by atoms with Crippen LogP contribution in [0.15, 0.2) is 84.9 Å². The molecule has 0 saturated heterocycles. The highest BCUT2D eigenvalue weighted by Gasteiger charge is 2.13. The lowest BCUT2D eigenvalue weighted by molar-refractivity contribution is -0.115. The summed E-state index contributed by atoms with van der Waals surface area (Å²) in [6.45, 7) is 0. The van der Waals surface area contributed by atoms with Crippen LogP contribution in [0.3, 0.4) is 0 Å². The molecule has 0 aromatic heterocycles. The Balaban J connectivity index is 1.76. The van der Waals surface area contributed by atoms with E-state index in [0.29, 0.717) is 5.69 Å². The molecule has 0 aliphatic carbocycles. The fraction of sp³-hybridized carbons (Fsp3) is 0.0435. The van der Waals surface area contributed by atoms with Crippen molar-refractivity contribution in [1.29, 1.82) is 0 Å². The van der Waals surface area contributed by atoms with Gasteiger partial charge in [-0.15, -0.1) is 0 Å². The maximum atomic E-state index is 12.3. The number of benzene rings is 3. The van der Waals surface area contributed by atoms with Crippen LogP contribution in [-0.4, -0.2) is 17.0 Å². The third-order valence-electron chi connectivity index (χ3n) is 4.04. The Labute approximate surface area is 157 Å². The van der Waals surface area contributed by atoms with Crippen molar-refractivity contribution in [3.05, 3.63) is 96.1 Å². The second-order valence-electron chi connectivity index (χ2n) is 6.00. The highest BCUT2D eigenvalue weighted by molar-refractivity contribution is 6.02. The summed E-state index contributed by atoms with van der Waals surface area (Å²) < 4.78 is 0. The summed E-state index contributed by atoms with van der Waals surface area (Å²) in [5, 5.41) is 12.1. The molecule has 134 valence electrons. The van der Waals surface area contributed by atoms with Crippen molar-refractivity contribution in [2.24, 2.45) is 0 Å². The number of rotatable bonds is 6. The monoisotopic (exact) mass is 357 g/mol. The van der Waals surface area contributed by atoms with Gasteiger partial charge in [-0.25, -0.2) is 4.79 Å². The molecule has 3 rings (SSSR count). The molecule has 4 nitrogen and oxygen atoms in total. The lowest BCUT2D eigenvalue weighted by Gasteiger charge is -2.10. The number of hydrogen-bond acceptors (Lipinski definition) is 2. The number of carbonyl (C=O) groups is 2. The Morgan fingerprint density at radius 3 is 2.19 bits per heavy atom. The molecular formula is C23H19NO3. The SMILES string of the molecule is O=C(CC=Cc1ccccc1)Nc1cc(-c2ccccc2)ccc1C(=O)O. The normalized spacial score (nSPS) is 10.7. The molecule has 2 N–H and O–H groups in total. The van der Waals surface area contributed by atoms with Crippen molar-refractivity contribution in [1.82, 2.24) is 0 Å². The molecule has 0 radical (unpaired) electrons. The van der Waals surface area contributed by atoms with E-state index in [9.17, 15) is 14.7 Å². The van der Waals surface area contributed by atoms with Gasteiger partial charge in [0, 0.05) is 6.42 Å². The third-order valence-corrected chi connectivity index (χ3v) is 4.04. The van der Waals surface area contributed by atoms with Gasteiger partial charge in [-0.05, 0) is 28.8 Å². The van der Waals surface area contributed by atoms with Gasteiger partial charge in [0.2, 0.25) is 5.91 Å². The van der Waals surface area contributed by atoms with Crippen LogP contribution in [0, 0.1) is 0 Å². The number of anilines is 1. The molecule has 0 aliphatic rings. The Morgan fingerprint density at radius 1 is 0.852 bits per heavy atom. The second-order valence-corrected chi connectivity index (χ2v) is 6.00. The Kier molecular flexibility index (Phi) is 5.80. The van der Waals surface area contributed by atoms with Crippen LogP contribution in [0.2, 0.25) is 0 Å². The summed E-state index contributed by atoms with van der Waals surface area (Å²) >= 11 is 0. The van der Waals surface area contributed by atoms with Crippen LogP contribution >= 0.6 is 0 Å². The van der Waals surface area contributed by atoms with Crippen LogP contribution in [0.1, 0.15) is 22.3 Å². The predicted molar refractivity (Wildman–Crippen MR) is 108 cm³/mol. The number of carboxylic acid groups (broad SMARTS) is 1. The summed E-state index contributed by atoms with van der Waals surface area (Å²) in [6, 6.07) is 24.2. The first-order valence-corrected chi connectivity index (χ1v) is 8.58. The van der Waals surface area contributed by atoms with Crippen LogP contribution in [-0.2, 0) is 4.79 Å². The van der Waals surface area contributed by atoms with Gasteiger partial charge < -0.3 is 10.4 Å². The quantitative estimate of drug-likeness (QED) is 0.645. The molecule has 0 spiro atoms. The number of carboxylic acids is 1. The van der Waals surface area contributed by atoms with Gasteiger partial charge >= 0.3 is 5.97 Å². The van der Waals surface area contributed by atoms with Crippen molar-refractivity contribution in [2.45, 2.75) is 6.42 Å². The lowest BCUT2D eigenvalue weighted by atomic mass is 10.0. The van der Waals surface area contributed by atoms with E-state index < -0.39 is 5.97 Å². The highest BCUT2D eigenvalue weighted by Crippen LogP contribution is 2.26. The van der Waals surface area contributed by atoms with Gasteiger partial charge in [0.1, 0.15) is 0 Å². The number of nitrogens with one attached hydrogen (secondary N) is 1. The summed E-state index contributed by atoms with van der Waals surface area (Å²) in [4.78, 5) is 23.8. The summed E-state index contributed by atoms with van der Waals surface area (Å²) in [6.07, 6.45) is 3.77. The standard InChI is InChI=1S/C23H19NO3/c25-22(13-7-10-17-8-3-1-4-9-17)24-21-16-19(14-15-20(21)23(26)27)18-11-5-2-6-12-18/h1-12,14-16H,13H2,(H,24,25)(H,26,27). The van der Waals surface area contributed by atoms with E-state index >= 15 is 0 Å². The van der Waals surface area contributed by atoms with Gasteiger partial charge in [0.15, 0.2) is 0 Å². The zero-order valence-electron chi connectivity index (χ0n) is 14.6. The zero-order valence-corrected chi connectivity index (χ0v) is 14.6. The zero-order chi connectivity index (χ0) is 19.1. The van der Waals surface area contributed by atoms with E-state index in [2.05, 4.69) is 5.32 Å². The van der Waals surface area contributed by atoms with Crippen LogP contribution < -0.4 is 5.32 Å². The molecule has 0 saturated carbocycles. The Bertz CT molecular complexity index is 963. The van der Waals surface area contributed by atoms with E-state index in [0.717, 1.165) is 16.7 Å². The summed E-state index contributed by atoms with van der Waals surface area (Å²) in [7, 11) is 0. The van der Waals surface area contributed by atoms with E-state index in [4.69, 9.17) is 0 Å². The molecule has 4 heteroatoms. The van der Waals surface area contributed by atoms with Gasteiger partial charge in [-0.3, -0.25) is 4.79 Å². The Hall–Kier alpha value is -3.66. The summed E-state index contributed by atoms with van der Waals surface area (Å²) in [5.74, 6) is -1.35. The largest absolute Gasteiger partial charge is 0.478 e. The number of aromatic carboxylic acids is 1. The molecule has 3 aromatic carbocycles. The van der Waals surface area contributed by atoms with E-state index in [1.165, 1.54) is 6.07 Å². The first-order chi connectivity index (χ1) is 13.1. The van der Waals surface area contributed by atoms with Crippen molar-refractivity contribution in [2.75, 3.05) is 5.32 Å². The average Bonchev–Trinajstić information content (AvgIpc) is 2.69. The second kappa shape index (κ2) is 8.63. The van der Waals surface area contributed by atoms with E-state index in [-0.39, 0.29) is 17.9 Å².